The molecule has 0 amide bonds. The molecule has 0 radical (unpaired) electrons. The molecule has 5 heteroatoms. The number of aromatic nitrogens is 2. The van der Waals surface area contributed by atoms with Gasteiger partial charge in [0, 0.05) is 31.0 Å². The first-order valence-corrected chi connectivity index (χ1v) is 7.93. The molecule has 18 heavy (non-hydrogen) atoms. The predicted molar refractivity (Wildman–Crippen MR) is 81.4 cm³/mol. The van der Waals surface area contributed by atoms with Crippen LogP contribution in [-0.2, 0) is 13.0 Å². The maximum Gasteiger partial charge on any atom is 0.151 e. The number of nitrogens with one attached hydrogen (secondary N) is 2. The Bertz CT molecular complexity index is 352. The molecule has 0 aliphatic carbocycles. The van der Waals surface area contributed by atoms with Gasteiger partial charge in [0.2, 0.25) is 0 Å². The van der Waals surface area contributed by atoms with E-state index in [0.717, 1.165) is 49.0 Å². The summed E-state index contributed by atoms with van der Waals surface area (Å²) in [5.74, 6) is 3.09. The zero-order chi connectivity index (χ0) is 13.2. The van der Waals surface area contributed by atoms with Gasteiger partial charge in [-0.3, -0.25) is 0 Å². The topological polar surface area (TPSA) is 40.7 Å². The fraction of sp³-hybridized carbons (Fsp3) is 0.615. The van der Waals surface area contributed by atoms with E-state index in [1.807, 2.05) is 17.8 Å². The summed E-state index contributed by atoms with van der Waals surface area (Å²) in [5.41, 5.74) is 0.997. The fourth-order valence-corrected chi connectivity index (χ4v) is 2.38. The predicted octanol–water partition coefficient (Wildman–Crippen LogP) is 3.41. The molecule has 0 spiro atoms. The molecule has 1 aromatic heterocycles. The van der Waals surface area contributed by atoms with Crippen molar-refractivity contribution in [3.05, 3.63) is 29.3 Å². The maximum atomic E-state index is 6.09. The van der Waals surface area contributed by atoms with Crippen LogP contribution in [0.5, 0.6) is 0 Å². The Morgan fingerprint density at radius 2 is 2.39 bits per heavy atom. The van der Waals surface area contributed by atoms with Crippen molar-refractivity contribution in [2.75, 3.05) is 18.1 Å². The summed E-state index contributed by atoms with van der Waals surface area (Å²) >= 11 is 7.96. The molecule has 1 heterocycles. The minimum absolute atomic E-state index is 0.604. The number of halogens is 1. The van der Waals surface area contributed by atoms with Crippen molar-refractivity contribution in [3.63, 3.8) is 0 Å². The number of rotatable bonds is 10. The van der Waals surface area contributed by atoms with Crippen molar-refractivity contribution in [1.82, 2.24) is 15.3 Å². The van der Waals surface area contributed by atoms with E-state index in [-0.39, 0.29) is 0 Å². The highest BCUT2D eigenvalue weighted by molar-refractivity contribution is 7.99. The Kier molecular flexibility index (Phi) is 8.22. The van der Waals surface area contributed by atoms with Gasteiger partial charge in [-0.1, -0.05) is 31.0 Å². The number of imidazole rings is 1. The lowest BCUT2D eigenvalue weighted by molar-refractivity contribution is 0.711. The molecule has 2 N–H and O–H groups in total. The van der Waals surface area contributed by atoms with Gasteiger partial charge >= 0.3 is 0 Å². The molecule has 0 aromatic carbocycles. The summed E-state index contributed by atoms with van der Waals surface area (Å²) in [4.78, 5) is 7.62. The van der Waals surface area contributed by atoms with Crippen LogP contribution in [0.1, 0.15) is 31.3 Å². The second kappa shape index (κ2) is 9.48. The van der Waals surface area contributed by atoms with Crippen LogP contribution in [0.15, 0.2) is 12.7 Å². The standard InChI is InChI=1S/C13H22ClN3S/c1-3-5-6-12-16-11(13(14)17-12)10-15-7-9-18-8-4-2/h4,15H,2-3,5-10H2,1H3,(H,16,17). The van der Waals surface area contributed by atoms with Crippen molar-refractivity contribution in [2.45, 2.75) is 32.7 Å². The third-order valence-electron chi connectivity index (χ3n) is 2.51. The molecule has 0 bridgehead atoms. The molecule has 0 unspecified atom stereocenters. The molecular weight excluding hydrogens is 266 g/mol. The minimum atomic E-state index is 0.604. The third kappa shape index (κ3) is 5.94. The summed E-state index contributed by atoms with van der Waals surface area (Å²) in [6, 6.07) is 0. The Balaban J connectivity index is 2.24. The van der Waals surface area contributed by atoms with Crippen molar-refractivity contribution < 1.29 is 0 Å². The first-order chi connectivity index (χ1) is 8.77. The van der Waals surface area contributed by atoms with Gasteiger partial charge in [-0.2, -0.15) is 11.8 Å². The second-order valence-corrected chi connectivity index (χ2v) is 5.60. The van der Waals surface area contributed by atoms with E-state index in [1.54, 1.807) is 0 Å². The Labute approximate surface area is 119 Å². The quantitative estimate of drug-likeness (QED) is 0.512. The Hall–Kier alpha value is -0.450. The molecule has 102 valence electrons. The molecular formula is C13H22ClN3S. The maximum absolute atomic E-state index is 6.09. The number of hydrogen-bond donors (Lipinski definition) is 2. The van der Waals surface area contributed by atoms with Gasteiger partial charge in [-0.05, 0) is 6.42 Å². The summed E-state index contributed by atoms with van der Waals surface area (Å²) in [6.45, 7) is 7.59. The van der Waals surface area contributed by atoms with Crippen molar-refractivity contribution in [2.24, 2.45) is 0 Å². The van der Waals surface area contributed by atoms with Gasteiger partial charge < -0.3 is 10.3 Å². The lowest BCUT2D eigenvalue weighted by Gasteiger charge is -2.02. The largest absolute Gasteiger partial charge is 0.344 e. The van der Waals surface area contributed by atoms with E-state index in [0.29, 0.717) is 5.15 Å². The van der Waals surface area contributed by atoms with Crippen molar-refractivity contribution in [1.29, 1.82) is 0 Å². The number of hydrogen-bond acceptors (Lipinski definition) is 3. The first kappa shape index (κ1) is 15.6. The molecule has 0 aliphatic rings. The molecule has 0 saturated carbocycles. The third-order valence-corrected chi connectivity index (χ3v) is 3.78. The van der Waals surface area contributed by atoms with E-state index in [9.17, 15) is 0 Å². The van der Waals surface area contributed by atoms with Crippen LogP contribution in [0.3, 0.4) is 0 Å². The highest BCUT2D eigenvalue weighted by atomic mass is 35.5. The lowest BCUT2D eigenvalue weighted by atomic mass is 10.2. The minimum Gasteiger partial charge on any atom is -0.344 e. The number of unbranched alkanes of at least 4 members (excludes halogenated alkanes) is 1. The van der Waals surface area contributed by atoms with Gasteiger partial charge in [0.05, 0.1) is 5.69 Å². The SMILES string of the molecule is C=CCSCCNCc1[nH]c(CCCC)nc1Cl. The van der Waals surface area contributed by atoms with Crippen LogP contribution in [0, 0.1) is 0 Å². The summed E-state index contributed by atoms with van der Waals surface area (Å²) in [5, 5.41) is 3.96. The zero-order valence-corrected chi connectivity index (χ0v) is 12.5. The van der Waals surface area contributed by atoms with Crippen molar-refractivity contribution >= 4 is 23.4 Å². The highest BCUT2D eigenvalue weighted by Crippen LogP contribution is 2.13. The highest BCUT2D eigenvalue weighted by Gasteiger charge is 2.07. The number of aromatic amines is 1. The molecule has 0 saturated heterocycles. The zero-order valence-electron chi connectivity index (χ0n) is 11.0. The van der Waals surface area contributed by atoms with Crippen LogP contribution in [0.4, 0.5) is 0 Å². The Morgan fingerprint density at radius 1 is 1.56 bits per heavy atom. The molecule has 0 atom stereocenters. The van der Waals surface area contributed by atoms with Crippen LogP contribution in [0.2, 0.25) is 5.15 Å². The fourth-order valence-electron chi connectivity index (χ4n) is 1.54. The van der Waals surface area contributed by atoms with Gasteiger partial charge in [-0.25, -0.2) is 4.98 Å². The van der Waals surface area contributed by atoms with Gasteiger partial charge in [0.25, 0.3) is 0 Å². The number of H-pyrrole nitrogens is 1. The van der Waals surface area contributed by atoms with Gasteiger partial charge in [0.15, 0.2) is 5.15 Å². The van der Waals surface area contributed by atoms with Crippen LogP contribution < -0.4 is 5.32 Å². The number of aryl methyl sites for hydroxylation is 1. The van der Waals surface area contributed by atoms with E-state index < -0.39 is 0 Å². The van der Waals surface area contributed by atoms with Gasteiger partial charge in [-0.15, -0.1) is 6.58 Å². The summed E-state index contributed by atoms with van der Waals surface area (Å²) in [6.07, 6.45) is 5.23. The molecule has 1 rings (SSSR count). The second-order valence-electron chi connectivity index (χ2n) is 4.10. The van der Waals surface area contributed by atoms with Crippen LogP contribution >= 0.6 is 23.4 Å². The number of thioether (sulfide) groups is 1. The molecule has 3 nitrogen and oxygen atoms in total. The molecule has 0 fully saturated rings. The van der Waals surface area contributed by atoms with E-state index in [4.69, 9.17) is 11.6 Å². The van der Waals surface area contributed by atoms with Crippen molar-refractivity contribution in [3.8, 4) is 0 Å². The van der Waals surface area contributed by atoms with Crippen LogP contribution in [0.25, 0.3) is 0 Å². The normalized spacial score (nSPS) is 10.8. The molecule has 1 aromatic rings. The lowest BCUT2D eigenvalue weighted by Crippen LogP contribution is -2.17. The Morgan fingerprint density at radius 3 is 3.11 bits per heavy atom. The van der Waals surface area contributed by atoms with E-state index in [1.165, 1.54) is 6.42 Å². The van der Waals surface area contributed by atoms with Crippen LogP contribution in [-0.4, -0.2) is 28.0 Å². The first-order valence-electron chi connectivity index (χ1n) is 6.40. The summed E-state index contributed by atoms with van der Waals surface area (Å²) < 4.78 is 0. The van der Waals surface area contributed by atoms with E-state index >= 15 is 0 Å². The van der Waals surface area contributed by atoms with E-state index in [2.05, 4.69) is 28.8 Å². The molecule has 0 aliphatic heterocycles. The average molecular weight is 288 g/mol. The monoisotopic (exact) mass is 287 g/mol. The average Bonchev–Trinajstić information content (AvgIpc) is 2.72. The number of nitrogens with zero attached hydrogens (tertiary/aromatic N) is 1. The smallest absolute Gasteiger partial charge is 0.151 e. The summed E-state index contributed by atoms with van der Waals surface area (Å²) in [7, 11) is 0. The van der Waals surface area contributed by atoms with Gasteiger partial charge in [0.1, 0.15) is 5.82 Å².